The van der Waals surface area contributed by atoms with E-state index < -0.39 is 5.97 Å². The van der Waals surface area contributed by atoms with E-state index in [1.54, 1.807) is 6.07 Å². The third-order valence-corrected chi connectivity index (χ3v) is 3.25. The molecular weight excluding hydrogens is 216 g/mol. The Balaban J connectivity index is 2.16. The SMILES string of the molecule is NCCCN1CCc2c(cccc2C(=O)O)C1. The predicted molar refractivity (Wildman–Crippen MR) is 66.1 cm³/mol. The highest BCUT2D eigenvalue weighted by molar-refractivity contribution is 5.89. The number of aromatic carboxylic acids is 1. The van der Waals surface area contributed by atoms with Crippen molar-refractivity contribution in [2.45, 2.75) is 19.4 Å². The molecule has 0 unspecified atom stereocenters. The topological polar surface area (TPSA) is 66.6 Å². The smallest absolute Gasteiger partial charge is 0.335 e. The first-order valence-corrected chi connectivity index (χ1v) is 5.99. The zero-order valence-corrected chi connectivity index (χ0v) is 9.85. The molecule has 0 radical (unpaired) electrons. The molecule has 0 atom stereocenters. The van der Waals surface area contributed by atoms with Gasteiger partial charge in [0, 0.05) is 13.1 Å². The van der Waals surface area contributed by atoms with Gasteiger partial charge in [-0.25, -0.2) is 4.79 Å². The second-order valence-corrected chi connectivity index (χ2v) is 4.42. The number of fused-ring (bicyclic) bond motifs is 1. The van der Waals surface area contributed by atoms with Crippen molar-refractivity contribution in [3.63, 3.8) is 0 Å². The number of nitrogens with zero attached hydrogens (tertiary/aromatic N) is 1. The molecule has 92 valence electrons. The quantitative estimate of drug-likeness (QED) is 0.818. The minimum absolute atomic E-state index is 0.459. The molecule has 0 spiro atoms. The lowest BCUT2D eigenvalue weighted by Crippen LogP contribution is -2.33. The van der Waals surface area contributed by atoms with Crippen LogP contribution < -0.4 is 5.73 Å². The molecule has 17 heavy (non-hydrogen) atoms. The van der Waals surface area contributed by atoms with E-state index in [2.05, 4.69) is 4.90 Å². The normalized spacial score (nSPS) is 15.6. The van der Waals surface area contributed by atoms with Gasteiger partial charge in [0.25, 0.3) is 0 Å². The Kier molecular flexibility index (Phi) is 3.76. The minimum atomic E-state index is -0.822. The van der Waals surface area contributed by atoms with Crippen LogP contribution in [0.4, 0.5) is 0 Å². The van der Waals surface area contributed by atoms with Crippen molar-refractivity contribution in [3.05, 3.63) is 34.9 Å². The minimum Gasteiger partial charge on any atom is -0.478 e. The molecule has 0 amide bonds. The Hall–Kier alpha value is -1.39. The van der Waals surface area contributed by atoms with Gasteiger partial charge in [-0.1, -0.05) is 12.1 Å². The molecule has 1 aromatic carbocycles. The Morgan fingerprint density at radius 1 is 1.47 bits per heavy atom. The van der Waals surface area contributed by atoms with Gasteiger partial charge in [0.2, 0.25) is 0 Å². The van der Waals surface area contributed by atoms with Gasteiger partial charge in [-0.05, 0) is 43.1 Å². The summed E-state index contributed by atoms with van der Waals surface area (Å²) in [6.45, 7) is 3.47. The Labute approximate surface area is 101 Å². The number of rotatable bonds is 4. The lowest BCUT2D eigenvalue weighted by molar-refractivity contribution is 0.0694. The van der Waals surface area contributed by atoms with Crippen molar-refractivity contribution >= 4 is 5.97 Å². The maximum absolute atomic E-state index is 11.1. The summed E-state index contributed by atoms with van der Waals surface area (Å²) in [6.07, 6.45) is 1.82. The second kappa shape index (κ2) is 5.29. The molecule has 0 fully saturated rings. The van der Waals surface area contributed by atoms with Crippen LogP contribution in [0.3, 0.4) is 0 Å². The molecule has 0 saturated carbocycles. The number of hydrogen-bond donors (Lipinski definition) is 2. The number of carbonyl (C=O) groups is 1. The monoisotopic (exact) mass is 234 g/mol. The number of benzene rings is 1. The van der Waals surface area contributed by atoms with E-state index in [-0.39, 0.29) is 0 Å². The van der Waals surface area contributed by atoms with Crippen molar-refractivity contribution < 1.29 is 9.90 Å². The van der Waals surface area contributed by atoms with Crippen LogP contribution >= 0.6 is 0 Å². The molecule has 0 saturated heterocycles. The van der Waals surface area contributed by atoms with Gasteiger partial charge in [0.15, 0.2) is 0 Å². The largest absolute Gasteiger partial charge is 0.478 e. The molecule has 1 aliphatic rings. The van der Waals surface area contributed by atoms with E-state index in [0.29, 0.717) is 12.1 Å². The van der Waals surface area contributed by atoms with Gasteiger partial charge in [-0.15, -0.1) is 0 Å². The Morgan fingerprint density at radius 2 is 2.29 bits per heavy atom. The van der Waals surface area contributed by atoms with Gasteiger partial charge in [0.1, 0.15) is 0 Å². The lowest BCUT2D eigenvalue weighted by Gasteiger charge is -2.29. The van der Waals surface area contributed by atoms with Gasteiger partial charge in [-0.3, -0.25) is 4.90 Å². The highest BCUT2D eigenvalue weighted by Crippen LogP contribution is 2.22. The van der Waals surface area contributed by atoms with Crippen LogP contribution in [0.1, 0.15) is 27.9 Å². The molecule has 3 N–H and O–H groups in total. The summed E-state index contributed by atoms with van der Waals surface area (Å²) in [5, 5.41) is 9.12. The zero-order chi connectivity index (χ0) is 12.3. The summed E-state index contributed by atoms with van der Waals surface area (Å²) < 4.78 is 0. The van der Waals surface area contributed by atoms with Crippen LogP contribution in [0, 0.1) is 0 Å². The van der Waals surface area contributed by atoms with E-state index in [9.17, 15) is 4.79 Å². The van der Waals surface area contributed by atoms with E-state index >= 15 is 0 Å². The summed E-state index contributed by atoms with van der Waals surface area (Å²) in [5.74, 6) is -0.822. The second-order valence-electron chi connectivity index (χ2n) is 4.42. The van der Waals surface area contributed by atoms with E-state index in [1.165, 1.54) is 0 Å². The average Bonchev–Trinajstić information content (AvgIpc) is 2.35. The molecule has 1 aliphatic heterocycles. The highest BCUT2D eigenvalue weighted by Gasteiger charge is 2.20. The zero-order valence-electron chi connectivity index (χ0n) is 9.85. The first-order chi connectivity index (χ1) is 8.22. The van der Waals surface area contributed by atoms with Crippen molar-refractivity contribution in [2.24, 2.45) is 5.73 Å². The van der Waals surface area contributed by atoms with Crippen LogP contribution in [-0.4, -0.2) is 35.6 Å². The molecule has 2 rings (SSSR count). The molecular formula is C13H18N2O2. The fraction of sp³-hybridized carbons (Fsp3) is 0.462. The number of nitrogens with two attached hydrogens (primary N) is 1. The number of carboxylic acid groups (broad SMARTS) is 1. The highest BCUT2D eigenvalue weighted by atomic mass is 16.4. The summed E-state index contributed by atoms with van der Waals surface area (Å²) in [5.41, 5.74) is 8.11. The van der Waals surface area contributed by atoms with Crippen molar-refractivity contribution in [1.82, 2.24) is 4.90 Å². The fourth-order valence-electron chi connectivity index (χ4n) is 2.37. The van der Waals surface area contributed by atoms with Gasteiger partial charge in [0.05, 0.1) is 5.56 Å². The summed E-state index contributed by atoms with van der Waals surface area (Å²) >= 11 is 0. The van der Waals surface area contributed by atoms with E-state index in [0.717, 1.165) is 43.6 Å². The molecule has 4 nitrogen and oxygen atoms in total. The van der Waals surface area contributed by atoms with Crippen molar-refractivity contribution in [3.8, 4) is 0 Å². The molecule has 0 aromatic heterocycles. The van der Waals surface area contributed by atoms with Crippen LogP contribution in [0.25, 0.3) is 0 Å². The van der Waals surface area contributed by atoms with Crippen molar-refractivity contribution in [2.75, 3.05) is 19.6 Å². The van der Waals surface area contributed by atoms with Gasteiger partial charge in [-0.2, -0.15) is 0 Å². The first-order valence-electron chi connectivity index (χ1n) is 5.99. The van der Waals surface area contributed by atoms with Crippen LogP contribution in [0.15, 0.2) is 18.2 Å². The van der Waals surface area contributed by atoms with Crippen LogP contribution in [-0.2, 0) is 13.0 Å². The molecule has 0 aliphatic carbocycles. The van der Waals surface area contributed by atoms with E-state index in [4.69, 9.17) is 10.8 Å². The average molecular weight is 234 g/mol. The third-order valence-electron chi connectivity index (χ3n) is 3.25. The summed E-state index contributed by atoms with van der Waals surface area (Å²) in [7, 11) is 0. The lowest BCUT2D eigenvalue weighted by atomic mass is 9.94. The predicted octanol–water partition coefficient (Wildman–Crippen LogP) is 1.09. The molecule has 1 heterocycles. The maximum Gasteiger partial charge on any atom is 0.335 e. The maximum atomic E-state index is 11.1. The van der Waals surface area contributed by atoms with Crippen molar-refractivity contribution in [1.29, 1.82) is 0 Å². The summed E-state index contributed by atoms with van der Waals surface area (Å²) in [6, 6.07) is 5.54. The molecule has 0 bridgehead atoms. The van der Waals surface area contributed by atoms with Crippen LogP contribution in [0.5, 0.6) is 0 Å². The fourth-order valence-corrected chi connectivity index (χ4v) is 2.37. The van der Waals surface area contributed by atoms with Gasteiger partial charge < -0.3 is 10.8 Å². The standard InChI is InChI=1S/C13H18N2O2/c14-6-2-7-15-8-5-11-10(9-15)3-1-4-12(11)13(16)17/h1,3-4H,2,5-9,14H2,(H,16,17). The Bertz CT molecular complexity index is 418. The third kappa shape index (κ3) is 2.65. The number of carboxylic acids is 1. The van der Waals surface area contributed by atoms with Gasteiger partial charge >= 0.3 is 5.97 Å². The molecule has 4 heteroatoms. The summed E-state index contributed by atoms with van der Waals surface area (Å²) in [4.78, 5) is 13.4. The van der Waals surface area contributed by atoms with Crippen LogP contribution in [0.2, 0.25) is 0 Å². The Morgan fingerprint density at radius 3 is 3.00 bits per heavy atom. The molecule has 1 aromatic rings. The number of hydrogen-bond acceptors (Lipinski definition) is 3. The first kappa shape index (κ1) is 12.1. The van der Waals surface area contributed by atoms with E-state index in [1.807, 2.05) is 12.1 Å².